The fourth-order valence-electron chi connectivity index (χ4n) is 5.79. The van der Waals surface area contributed by atoms with Gasteiger partial charge in [-0.2, -0.15) is 8.78 Å². The largest absolute Gasteiger partial charge is 0.435 e. The van der Waals surface area contributed by atoms with Gasteiger partial charge in [-0.1, -0.05) is 50.5 Å². The van der Waals surface area contributed by atoms with Gasteiger partial charge in [0.25, 0.3) is 0 Å². The average Bonchev–Trinajstić information content (AvgIpc) is 2.74. The molecule has 1 unspecified atom stereocenters. The van der Waals surface area contributed by atoms with E-state index in [2.05, 4.69) is 17.7 Å². The fourth-order valence-corrected chi connectivity index (χ4v) is 5.79. The smallest absolute Gasteiger partial charge is 0.387 e. The maximum absolute atomic E-state index is 14.9. The van der Waals surface area contributed by atoms with Crippen molar-refractivity contribution in [3.05, 3.63) is 53.8 Å². The van der Waals surface area contributed by atoms with Crippen LogP contribution in [0.5, 0.6) is 5.75 Å². The second-order valence-electron chi connectivity index (χ2n) is 9.14. The minimum Gasteiger partial charge on any atom is -0.435 e. The molecule has 0 saturated heterocycles. The lowest BCUT2D eigenvalue weighted by Gasteiger charge is -2.42. The van der Waals surface area contributed by atoms with Crippen molar-refractivity contribution in [3.63, 3.8) is 0 Å². The molecule has 2 aromatic rings. The molecule has 2 aliphatic rings. The summed E-state index contributed by atoms with van der Waals surface area (Å²) < 4.78 is 43.9. The molecule has 0 radical (unpaired) electrons. The van der Waals surface area contributed by atoms with E-state index in [9.17, 15) is 13.2 Å². The number of benzene rings is 2. The Morgan fingerprint density at radius 1 is 0.933 bits per heavy atom. The Morgan fingerprint density at radius 2 is 1.67 bits per heavy atom. The first-order valence-corrected chi connectivity index (χ1v) is 11.4. The van der Waals surface area contributed by atoms with E-state index in [4.69, 9.17) is 0 Å². The molecule has 4 heteroatoms. The van der Waals surface area contributed by atoms with Crippen LogP contribution in [0.4, 0.5) is 13.2 Å². The van der Waals surface area contributed by atoms with Crippen molar-refractivity contribution < 1.29 is 17.9 Å². The van der Waals surface area contributed by atoms with Gasteiger partial charge in [0.2, 0.25) is 0 Å². The van der Waals surface area contributed by atoms with E-state index in [1.807, 2.05) is 6.07 Å². The highest BCUT2D eigenvalue weighted by molar-refractivity contribution is 5.65. The molecule has 162 valence electrons. The molecule has 4 atom stereocenters. The zero-order chi connectivity index (χ0) is 21.1. The highest BCUT2D eigenvalue weighted by Crippen LogP contribution is 2.48. The van der Waals surface area contributed by atoms with Gasteiger partial charge < -0.3 is 4.74 Å². The third kappa shape index (κ3) is 4.84. The van der Waals surface area contributed by atoms with Crippen LogP contribution in [0.15, 0.2) is 42.5 Å². The van der Waals surface area contributed by atoms with E-state index in [0.717, 1.165) is 29.7 Å². The first-order valence-electron chi connectivity index (χ1n) is 11.4. The lowest BCUT2D eigenvalue weighted by Crippen LogP contribution is -2.30. The van der Waals surface area contributed by atoms with Crippen LogP contribution in [0.2, 0.25) is 0 Å². The van der Waals surface area contributed by atoms with Gasteiger partial charge in [0.15, 0.2) is 0 Å². The number of rotatable bonds is 6. The lowest BCUT2D eigenvalue weighted by atomic mass is 9.63. The molecule has 0 amide bonds. The molecule has 4 rings (SSSR count). The van der Waals surface area contributed by atoms with Gasteiger partial charge in [-0.05, 0) is 85.1 Å². The van der Waals surface area contributed by atoms with E-state index < -0.39 is 6.61 Å². The Kier molecular flexibility index (Phi) is 6.70. The molecule has 0 aliphatic heterocycles. The summed E-state index contributed by atoms with van der Waals surface area (Å²) in [4.78, 5) is 0. The molecule has 0 heterocycles. The van der Waals surface area contributed by atoms with Gasteiger partial charge >= 0.3 is 6.61 Å². The van der Waals surface area contributed by atoms with E-state index >= 15 is 0 Å². The van der Waals surface area contributed by atoms with Gasteiger partial charge in [0, 0.05) is 5.56 Å². The monoisotopic (exact) mass is 416 g/mol. The molecule has 0 bridgehead atoms. The van der Waals surface area contributed by atoms with Gasteiger partial charge in [-0.15, -0.1) is 0 Å². The SMILES string of the molecule is CCCC1CC[C@@H]2C[C@H](c3ccc(-c4ccc(OC(F)F)cc4)c(F)c3)CC[C@@H]2C1. The number of halogens is 3. The summed E-state index contributed by atoms with van der Waals surface area (Å²) in [6, 6.07) is 11.7. The summed E-state index contributed by atoms with van der Waals surface area (Å²) in [5, 5.41) is 0. The van der Waals surface area contributed by atoms with E-state index in [-0.39, 0.29) is 11.6 Å². The summed E-state index contributed by atoms with van der Waals surface area (Å²) in [6.07, 6.45) is 10.3. The van der Waals surface area contributed by atoms with Crippen LogP contribution in [0.3, 0.4) is 0 Å². The molecule has 0 spiro atoms. The maximum atomic E-state index is 14.9. The highest BCUT2D eigenvalue weighted by atomic mass is 19.3. The number of ether oxygens (including phenoxy) is 1. The van der Waals surface area contributed by atoms with Crippen LogP contribution in [0.25, 0.3) is 11.1 Å². The third-order valence-corrected chi connectivity index (χ3v) is 7.27. The summed E-state index contributed by atoms with van der Waals surface area (Å²) in [7, 11) is 0. The van der Waals surface area contributed by atoms with E-state index in [1.165, 1.54) is 57.1 Å². The Bertz CT molecular complexity index is 833. The second kappa shape index (κ2) is 9.45. The van der Waals surface area contributed by atoms with Crippen LogP contribution in [-0.4, -0.2) is 6.61 Å². The van der Waals surface area contributed by atoms with Gasteiger partial charge in [0.1, 0.15) is 11.6 Å². The number of fused-ring (bicyclic) bond motifs is 1. The Hall–Kier alpha value is -1.97. The van der Waals surface area contributed by atoms with Crippen molar-refractivity contribution in [1.82, 2.24) is 0 Å². The number of hydrogen-bond donors (Lipinski definition) is 0. The van der Waals surface area contributed by atoms with Crippen molar-refractivity contribution in [2.24, 2.45) is 17.8 Å². The molecule has 0 aromatic heterocycles. The molecule has 1 nitrogen and oxygen atoms in total. The van der Waals surface area contributed by atoms with Crippen molar-refractivity contribution in [2.45, 2.75) is 70.8 Å². The number of alkyl halides is 2. The normalized spacial score (nSPS) is 26.4. The quantitative estimate of drug-likeness (QED) is 0.461. The summed E-state index contributed by atoms with van der Waals surface area (Å²) in [5.74, 6) is 2.85. The minimum atomic E-state index is -2.86. The zero-order valence-corrected chi connectivity index (χ0v) is 17.6. The van der Waals surface area contributed by atoms with Crippen LogP contribution >= 0.6 is 0 Å². The fraction of sp³-hybridized carbons (Fsp3) is 0.538. The van der Waals surface area contributed by atoms with Gasteiger partial charge in [0.05, 0.1) is 0 Å². The standard InChI is InChI=1S/C26H31F3O/c1-2-3-17-4-5-20-15-21(7-6-19(20)14-17)22-10-13-24(25(27)16-22)18-8-11-23(12-9-18)30-26(28)29/h8-13,16-17,19-21,26H,2-7,14-15H2,1H3/t17?,19-,20-,21-/m1/s1. The van der Waals surface area contributed by atoms with Crippen molar-refractivity contribution in [1.29, 1.82) is 0 Å². The van der Waals surface area contributed by atoms with Crippen molar-refractivity contribution in [2.75, 3.05) is 0 Å². The molecule has 0 N–H and O–H groups in total. The first kappa shape index (κ1) is 21.3. The Morgan fingerprint density at radius 3 is 2.37 bits per heavy atom. The van der Waals surface area contributed by atoms with Crippen molar-refractivity contribution >= 4 is 0 Å². The lowest BCUT2D eigenvalue weighted by molar-refractivity contribution is -0.0498. The van der Waals surface area contributed by atoms with Gasteiger partial charge in [-0.25, -0.2) is 4.39 Å². The highest BCUT2D eigenvalue weighted by Gasteiger charge is 2.35. The van der Waals surface area contributed by atoms with Crippen molar-refractivity contribution in [3.8, 4) is 16.9 Å². The molecule has 2 fully saturated rings. The van der Waals surface area contributed by atoms with Crippen LogP contribution in [0, 0.1) is 23.6 Å². The Balaban J connectivity index is 1.42. The zero-order valence-electron chi connectivity index (χ0n) is 17.6. The molecule has 2 aromatic carbocycles. The minimum absolute atomic E-state index is 0.0798. The second-order valence-corrected chi connectivity index (χ2v) is 9.14. The number of hydrogen-bond acceptors (Lipinski definition) is 1. The summed E-state index contributed by atoms with van der Waals surface area (Å²) in [5.41, 5.74) is 2.26. The molecule has 30 heavy (non-hydrogen) atoms. The predicted octanol–water partition coefficient (Wildman–Crippen LogP) is 8.19. The van der Waals surface area contributed by atoms with E-state index in [1.54, 1.807) is 18.2 Å². The first-order chi connectivity index (χ1) is 14.5. The van der Waals surface area contributed by atoms with Crippen LogP contribution < -0.4 is 4.74 Å². The molecular weight excluding hydrogens is 385 g/mol. The predicted molar refractivity (Wildman–Crippen MR) is 114 cm³/mol. The Labute approximate surface area is 177 Å². The summed E-state index contributed by atoms with van der Waals surface area (Å²) >= 11 is 0. The van der Waals surface area contributed by atoms with Crippen LogP contribution in [-0.2, 0) is 0 Å². The third-order valence-electron chi connectivity index (χ3n) is 7.27. The van der Waals surface area contributed by atoms with Crippen LogP contribution in [0.1, 0.15) is 69.8 Å². The molecule has 2 aliphatic carbocycles. The summed E-state index contributed by atoms with van der Waals surface area (Å²) in [6.45, 7) is -0.573. The topological polar surface area (TPSA) is 9.23 Å². The molecular formula is C26H31F3O. The van der Waals surface area contributed by atoms with Gasteiger partial charge in [-0.3, -0.25) is 0 Å². The van der Waals surface area contributed by atoms with E-state index in [0.29, 0.717) is 17.0 Å². The maximum Gasteiger partial charge on any atom is 0.387 e. The average molecular weight is 417 g/mol. The molecule has 2 saturated carbocycles.